The van der Waals surface area contributed by atoms with Crippen LogP contribution in [-0.2, 0) is 0 Å². The molecule has 0 unspecified atom stereocenters. The van der Waals surface area contributed by atoms with Crippen LogP contribution in [0.2, 0.25) is 0 Å². The van der Waals surface area contributed by atoms with Crippen LogP contribution in [0.4, 0.5) is 0 Å². The first-order valence-electron chi connectivity index (χ1n) is 4.62. The molecule has 3 heteroatoms. The number of thioether (sulfide) groups is 1. The maximum absolute atomic E-state index is 10.8. The van der Waals surface area contributed by atoms with E-state index in [-0.39, 0.29) is 0 Å². The van der Waals surface area contributed by atoms with Gasteiger partial charge in [0.15, 0.2) is 0 Å². The Balaban J connectivity index is 2.89. The van der Waals surface area contributed by atoms with Gasteiger partial charge in [0.05, 0.1) is 5.56 Å². The van der Waals surface area contributed by atoms with Crippen molar-refractivity contribution < 1.29 is 9.90 Å². The number of carboxylic acids is 1. The zero-order valence-corrected chi connectivity index (χ0v) is 9.23. The van der Waals surface area contributed by atoms with Gasteiger partial charge in [-0.05, 0) is 36.8 Å². The van der Waals surface area contributed by atoms with Gasteiger partial charge in [0, 0.05) is 4.90 Å². The van der Waals surface area contributed by atoms with E-state index in [9.17, 15) is 4.79 Å². The molecule has 0 aliphatic rings. The SMILES string of the molecule is CCCSc1ccc(C)c(C(=O)O)c1. The summed E-state index contributed by atoms with van der Waals surface area (Å²) in [5.41, 5.74) is 1.23. The van der Waals surface area contributed by atoms with E-state index < -0.39 is 5.97 Å². The van der Waals surface area contributed by atoms with Crippen LogP contribution in [0, 0.1) is 6.92 Å². The van der Waals surface area contributed by atoms with E-state index >= 15 is 0 Å². The van der Waals surface area contributed by atoms with Crippen LogP contribution >= 0.6 is 11.8 Å². The third-order valence-electron chi connectivity index (χ3n) is 1.91. The van der Waals surface area contributed by atoms with Gasteiger partial charge in [0.1, 0.15) is 0 Å². The van der Waals surface area contributed by atoms with Crippen LogP contribution in [0.25, 0.3) is 0 Å². The van der Waals surface area contributed by atoms with Crippen molar-refractivity contribution in [2.45, 2.75) is 25.2 Å². The molecule has 1 aromatic carbocycles. The molecule has 0 saturated carbocycles. The first-order chi connectivity index (χ1) is 6.65. The molecule has 1 aromatic rings. The highest BCUT2D eigenvalue weighted by molar-refractivity contribution is 7.99. The number of benzene rings is 1. The van der Waals surface area contributed by atoms with Crippen molar-refractivity contribution in [3.05, 3.63) is 29.3 Å². The van der Waals surface area contributed by atoms with Gasteiger partial charge < -0.3 is 5.11 Å². The Morgan fingerprint density at radius 1 is 1.50 bits per heavy atom. The number of aryl methyl sites for hydroxylation is 1. The molecule has 0 spiro atoms. The fourth-order valence-corrected chi connectivity index (χ4v) is 1.95. The molecule has 2 nitrogen and oxygen atoms in total. The number of carbonyl (C=O) groups is 1. The maximum atomic E-state index is 10.8. The zero-order valence-electron chi connectivity index (χ0n) is 8.41. The lowest BCUT2D eigenvalue weighted by molar-refractivity contribution is 0.0696. The minimum absolute atomic E-state index is 0.408. The Hall–Kier alpha value is -0.960. The normalized spacial score (nSPS) is 10.1. The number of aromatic carboxylic acids is 1. The average molecular weight is 210 g/mol. The third kappa shape index (κ3) is 2.77. The van der Waals surface area contributed by atoms with E-state index in [0.29, 0.717) is 5.56 Å². The molecular weight excluding hydrogens is 196 g/mol. The van der Waals surface area contributed by atoms with Gasteiger partial charge in [0.2, 0.25) is 0 Å². The Bertz CT molecular complexity index is 334. The molecule has 1 rings (SSSR count). The quantitative estimate of drug-likeness (QED) is 0.775. The van der Waals surface area contributed by atoms with E-state index in [1.807, 2.05) is 19.1 Å². The van der Waals surface area contributed by atoms with Crippen LogP contribution < -0.4 is 0 Å². The largest absolute Gasteiger partial charge is 0.478 e. The summed E-state index contributed by atoms with van der Waals surface area (Å²) >= 11 is 1.70. The summed E-state index contributed by atoms with van der Waals surface area (Å²) in [4.78, 5) is 11.9. The topological polar surface area (TPSA) is 37.3 Å². The predicted octanol–water partition coefficient (Wildman–Crippen LogP) is 3.20. The summed E-state index contributed by atoms with van der Waals surface area (Å²) in [6, 6.07) is 5.58. The van der Waals surface area contributed by atoms with E-state index in [2.05, 4.69) is 6.92 Å². The van der Waals surface area contributed by atoms with Crippen molar-refractivity contribution >= 4 is 17.7 Å². The zero-order chi connectivity index (χ0) is 10.6. The average Bonchev–Trinajstić information content (AvgIpc) is 2.16. The lowest BCUT2D eigenvalue weighted by atomic mass is 10.1. The second kappa shape index (κ2) is 5.05. The molecule has 76 valence electrons. The monoisotopic (exact) mass is 210 g/mol. The highest BCUT2D eigenvalue weighted by Gasteiger charge is 2.07. The van der Waals surface area contributed by atoms with Gasteiger partial charge in [-0.15, -0.1) is 11.8 Å². The number of rotatable bonds is 4. The second-order valence-electron chi connectivity index (χ2n) is 3.13. The highest BCUT2D eigenvalue weighted by Crippen LogP contribution is 2.21. The molecular formula is C11H14O2S. The van der Waals surface area contributed by atoms with E-state index in [1.165, 1.54) is 0 Å². The Labute approximate surface area is 88.3 Å². The standard InChI is InChI=1S/C11H14O2S/c1-3-6-14-9-5-4-8(2)10(7-9)11(12)13/h4-5,7H,3,6H2,1-2H3,(H,12,13). The summed E-state index contributed by atoms with van der Waals surface area (Å²) < 4.78 is 0. The molecule has 0 amide bonds. The van der Waals surface area contributed by atoms with Crippen molar-refractivity contribution in [2.24, 2.45) is 0 Å². The van der Waals surface area contributed by atoms with Gasteiger partial charge in [-0.25, -0.2) is 4.79 Å². The van der Waals surface area contributed by atoms with Crippen molar-refractivity contribution in [1.82, 2.24) is 0 Å². The molecule has 0 heterocycles. The molecule has 0 aliphatic heterocycles. The predicted molar refractivity (Wildman–Crippen MR) is 59.2 cm³/mol. The number of hydrogen-bond donors (Lipinski definition) is 1. The van der Waals surface area contributed by atoms with Crippen molar-refractivity contribution in [2.75, 3.05) is 5.75 Å². The van der Waals surface area contributed by atoms with Gasteiger partial charge in [-0.1, -0.05) is 13.0 Å². The summed E-state index contributed by atoms with van der Waals surface area (Å²) in [5, 5.41) is 8.91. The molecule has 14 heavy (non-hydrogen) atoms. The van der Waals surface area contributed by atoms with Crippen molar-refractivity contribution in [1.29, 1.82) is 0 Å². The molecule has 0 radical (unpaired) electrons. The van der Waals surface area contributed by atoms with Gasteiger partial charge in [0.25, 0.3) is 0 Å². The van der Waals surface area contributed by atoms with Gasteiger partial charge in [-0.2, -0.15) is 0 Å². The van der Waals surface area contributed by atoms with Crippen molar-refractivity contribution in [3.8, 4) is 0 Å². The number of hydrogen-bond acceptors (Lipinski definition) is 2. The molecule has 0 bridgehead atoms. The summed E-state index contributed by atoms with van der Waals surface area (Å²) in [5.74, 6) is 0.184. The second-order valence-corrected chi connectivity index (χ2v) is 4.30. The fourth-order valence-electron chi connectivity index (χ4n) is 1.14. The summed E-state index contributed by atoms with van der Waals surface area (Å²) in [6.07, 6.45) is 1.10. The maximum Gasteiger partial charge on any atom is 0.335 e. The van der Waals surface area contributed by atoms with E-state index in [4.69, 9.17) is 5.11 Å². The van der Waals surface area contributed by atoms with Gasteiger partial charge >= 0.3 is 5.97 Å². The molecule has 0 atom stereocenters. The lowest BCUT2D eigenvalue weighted by Gasteiger charge is -2.04. The minimum Gasteiger partial charge on any atom is -0.478 e. The Kier molecular flexibility index (Phi) is 4.01. The first kappa shape index (κ1) is 11.1. The van der Waals surface area contributed by atoms with E-state index in [1.54, 1.807) is 17.8 Å². The first-order valence-corrected chi connectivity index (χ1v) is 5.60. The molecule has 0 fully saturated rings. The van der Waals surface area contributed by atoms with Crippen LogP contribution in [0.5, 0.6) is 0 Å². The van der Waals surface area contributed by atoms with Gasteiger partial charge in [-0.3, -0.25) is 0 Å². The third-order valence-corrected chi connectivity index (χ3v) is 3.11. The number of carboxylic acid groups (broad SMARTS) is 1. The van der Waals surface area contributed by atoms with Crippen molar-refractivity contribution in [3.63, 3.8) is 0 Å². The molecule has 0 aliphatic carbocycles. The molecule has 0 saturated heterocycles. The van der Waals surface area contributed by atoms with E-state index in [0.717, 1.165) is 22.6 Å². The fraction of sp³-hybridized carbons (Fsp3) is 0.364. The summed E-state index contributed by atoms with van der Waals surface area (Å²) in [7, 11) is 0. The minimum atomic E-state index is -0.846. The Morgan fingerprint density at radius 2 is 2.21 bits per heavy atom. The Morgan fingerprint density at radius 3 is 2.79 bits per heavy atom. The van der Waals surface area contributed by atoms with Crippen LogP contribution in [0.15, 0.2) is 23.1 Å². The van der Waals surface area contributed by atoms with Crippen LogP contribution in [-0.4, -0.2) is 16.8 Å². The molecule has 0 aromatic heterocycles. The molecule has 1 N–H and O–H groups in total. The summed E-state index contributed by atoms with van der Waals surface area (Å²) in [6.45, 7) is 3.93. The van der Waals surface area contributed by atoms with Crippen LogP contribution in [0.1, 0.15) is 29.3 Å². The highest BCUT2D eigenvalue weighted by atomic mass is 32.2. The lowest BCUT2D eigenvalue weighted by Crippen LogP contribution is -1.99. The van der Waals surface area contributed by atoms with Crippen LogP contribution in [0.3, 0.4) is 0 Å². The smallest absolute Gasteiger partial charge is 0.335 e.